The van der Waals surface area contributed by atoms with E-state index < -0.39 is 10.4 Å². The SMILES string of the molecule is Nc1ccccc1Cc1ccccc1.O=S(=O)([O-])[O-].[Na+].[Na+]. The molecule has 0 atom stereocenters. The maximum absolute atomic E-state index is 8.52. The van der Waals surface area contributed by atoms with Crippen molar-refractivity contribution in [3.05, 3.63) is 65.7 Å². The van der Waals surface area contributed by atoms with Gasteiger partial charge in [-0.1, -0.05) is 48.5 Å². The van der Waals surface area contributed by atoms with E-state index >= 15 is 0 Å². The third-order valence-electron chi connectivity index (χ3n) is 2.29. The Balaban J connectivity index is 0. The summed E-state index contributed by atoms with van der Waals surface area (Å²) in [6.07, 6.45) is 0.910. The van der Waals surface area contributed by atoms with E-state index in [1.807, 2.05) is 24.3 Å². The van der Waals surface area contributed by atoms with E-state index in [-0.39, 0.29) is 59.1 Å². The van der Waals surface area contributed by atoms with E-state index in [1.54, 1.807) is 0 Å². The number of para-hydroxylation sites is 1. The van der Waals surface area contributed by atoms with Crippen LogP contribution in [0.25, 0.3) is 0 Å². The Morgan fingerprint density at radius 2 is 1.29 bits per heavy atom. The first-order chi connectivity index (χ1) is 8.86. The molecule has 0 heterocycles. The number of hydrogen-bond donors (Lipinski definition) is 1. The van der Waals surface area contributed by atoms with Crippen LogP contribution in [0.5, 0.6) is 0 Å². The molecule has 2 rings (SSSR count). The number of rotatable bonds is 2. The van der Waals surface area contributed by atoms with Crippen LogP contribution in [0.3, 0.4) is 0 Å². The van der Waals surface area contributed by atoms with Crippen LogP contribution in [0, 0.1) is 0 Å². The Morgan fingerprint density at radius 3 is 1.76 bits per heavy atom. The van der Waals surface area contributed by atoms with E-state index in [4.69, 9.17) is 23.3 Å². The summed E-state index contributed by atoms with van der Waals surface area (Å²) in [7, 11) is -5.17. The minimum atomic E-state index is -5.17. The Bertz CT molecular complexity index is 613. The van der Waals surface area contributed by atoms with Gasteiger partial charge in [0.15, 0.2) is 0 Å². The zero-order chi connectivity index (χ0) is 14.3. The summed E-state index contributed by atoms with van der Waals surface area (Å²) in [5.74, 6) is 0. The van der Waals surface area contributed by atoms with Crippen molar-refractivity contribution in [2.45, 2.75) is 6.42 Å². The molecule has 0 unspecified atom stereocenters. The van der Waals surface area contributed by atoms with Gasteiger partial charge in [-0.3, -0.25) is 8.42 Å². The van der Waals surface area contributed by atoms with Crippen LogP contribution in [-0.2, 0) is 16.8 Å². The minimum Gasteiger partial charge on any atom is -0.759 e. The predicted molar refractivity (Wildman–Crippen MR) is 70.6 cm³/mol. The van der Waals surface area contributed by atoms with Crippen LogP contribution < -0.4 is 64.8 Å². The topological polar surface area (TPSA) is 106 Å². The molecule has 0 aromatic heterocycles. The zero-order valence-electron chi connectivity index (χ0n) is 12.0. The first kappa shape index (κ1) is 23.4. The first-order valence-corrected chi connectivity index (χ1v) is 6.73. The zero-order valence-corrected chi connectivity index (χ0v) is 16.8. The van der Waals surface area contributed by atoms with Gasteiger partial charge in [-0.2, -0.15) is 0 Å². The van der Waals surface area contributed by atoms with Crippen molar-refractivity contribution in [1.82, 2.24) is 0 Å². The molecule has 0 aliphatic carbocycles. The Hall–Kier alpha value is 0.110. The number of nitrogen functional groups attached to an aromatic ring is 1. The quantitative estimate of drug-likeness (QED) is 0.259. The van der Waals surface area contributed by atoms with Crippen LogP contribution in [0.1, 0.15) is 11.1 Å². The van der Waals surface area contributed by atoms with Gasteiger partial charge in [0.1, 0.15) is 0 Å². The van der Waals surface area contributed by atoms with Gasteiger partial charge in [0.25, 0.3) is 0 Å². The van der Waals surface area contributed by atoms with E-state index in [0.717, 1.165) is 12.1 Å². The summed E-state index contributed by atoms with van der Waals surface area (Å²) in [5.41, 5.74) is 9.23. The number of anilines is 1. The van der Waals surface area contributed by atoms with Gasteiger partial charge in [-0.25, -0.2) is 0 Å². The molecule has 0 saturated heterocycles. The second-order valence-corrected chi connectivity index (χ2v) is 4.59. The Kier molecular flexibility index (Phi) is 13.0. The predicted octanol–water partition coefficient (Wildman–Crippen LogP) is -4.47. The van der Waals surface area contributed by atoms with E-state index in [9.17, 15) is 0 Å². The summed E-state index contributed by atoms with van der Waals surface area (Å²) in [4.78, 5) is 0. The average Bonchev–Trinajstić information content (AvgIpc) is 2.31. The van der Waals surface area contributed by atoms with Crippen molar-refractivity contribution in [3.8, 4) is 0 Å². The summed E-state index contributed by atoms with van der Waals surface area (Å²) in [6, 6.07) is 18.4. The first-order valence-electron chi connectivity index (χ1n) is 5.40. The normalized spacial score (nSPS) is 9.43. The molecule has 0 fully saturated rings. The van der Waals surface area contributed by atoms with Crippen molar-refractivity contribution < 1.29 is 76.6 Å². The molecule has 0 aliphatic rings. The molecule has 0 radical (unpaired) electrons. The van der Waals surface area contributed by atoms with Crippen molar-refractivity contribution >= 4 is 16.1 Å². The third-order valence-corrected chi connectivity index (χ3v) is 2.29. The molecule has 2 aromatic carbocycles. The largest absolute Gasteiger partial charge is 1.00 e. The van der Waals surface area contributed by atoms with Gasteiger partial charge >= 0.3 is 59.1 Å². The molecular formula is C13H13NNa2O4S. The molecule has 0 saturated carbocycles. The van der Waals surface area contributed by atoms with Gasteiger partial charge in [-0.05, 0) is 23.6 Å². The number of nitrogens with two attached hydrogens (primary N) is 1. The fraction of sp³-hybridized carbons (Fsp3) is 0.0769. The summed E-state index contributed by atoms with van der Waals surface area (Å²) < 4.78 is 34.1. The van der Waals surface area contributed by atoms with Crippen molar-refractivity contribution in [2.75, 3.05) is 5.73 Å². The molecule has 8 heteroatoms. The molecule has 21 heavy (non-hydrogen) atoms. The Morgan fingerprint density at radius 1 is 0.857 bits per heavy atom. The fourth-order valence-corrected chi connectivity index (χ4v) is 1.51. The van der Waals surface area contributed by atoms with Gasteiger partial charge in [-0.15, -0.1) is 0 Å². The number of hydrogen-bond acceptors (Lipinski definition) is 5. The summed E-state index contributed by atoms with van der Waals surface area (Å²) in [6.45, 7) is 0. The molecule has 2 N–H and O–H groups in total. The number of benzene rings is 2. The van der Waals surface area contributed by atoms with Gasteiger partial charge in [0.05, 0.1) is 0 Å². The molecule has 0 spiro atoms. The second-order valence-electron chi connectivity index (χ2n) is 3.77. The van der Waals surface area contributed by atoms with Gasteiger partial charge in [0.2, 0.25) is 0 Å². The van der Waals surface area contributed by atoms with Crippen LogP contribution in [0.2, 0.25) is 0 Å². The van der Waals surface area contributed by atoms with Crippen molar-refractivity contribution in [1.29, 1.82) is 0 Å². The van der Waals surface area contributed by atoms with Crippen LogP contribution in [-0.4, -0.2) is 17.5 Å². The smallest absolute Gasteiger partial charge is 0.759 e. The maximum Gasteiger partial charge on any atom is 1.00 e. The Labute approximate surface area is 169 Å². The fourth-order valence-electron chi connectivity index (χ4n) is 1.51. The average molecular weight is 325 g/mol. The third kappa shape index (κ3) is 12.3. The monoisotopic (exact) mass is 325 g/mol. The molecule has 0 amide bonds. The van der Waals surface area contributed by atoms with E-state index in [2.05, 4.69) is 30.3 Å². The van der Waals surface area contributed by atoms with E-state index in [1.165, 1.54) is 11.1 Å². The summed E-state index contributed by atoms with van der Waals surface area (Å²) >= 11 is 0. The van der Waals surface area contributed by atoms with Crippen LogP contribution >= 0.6 is 0 Å². The molecule has 0 bridgehead atoms. The van der Waals surface area contributed by atoms with Gasteiger partial charge < -0.3 is 14.8 Å². The standard InChI is InChI=1S/C13H13N.2Na.H2O4S/c14-13-9-5-4-8-12(13)10-11-6-2-1-3-7-11;;;1-5(2,3)4/h1-9H,10,14H2;;;(H2,1,2,3,4)/q;2*+1;/p-2. The van der Waals surface area contributed by atoms with Crippen molar-refractivity contribution in [3.63, 3.8) is 0 Å². The van der Waals surface area contributed by atoms with E-state index in [0.29, 0.717) is 0 Å². The second kappa shape index (κ2) is 11.6. The molecule has 2 aromatic rings. The minimum absolute atomic E-state index is 0. The molecule has 102 valence electrons. The maximum atomic E-state index is 8.52. The molecular weight excluding hydrogens is 312 g/mol. The van der Waals surface area contributed by atoms with Crippen molar-refractivity contribution in [2.24, 2.45) is 0 Å². The summed E-state index contributed by atoms with van der Waals surface area (Å²) in [5, 5.41) is 0. The van der Waals surface area contributed by atoms with Crippen LogP contribution in [0.15, 0.2) is 54.6 Å². The molecule has 5 nitrogen and oxygen atoms in total. The van der Waals surface area contributed by atoms with Crippen LogP contribution in [0.4, 0.5) is 5.69 Å². The van der Waals surface area contributed by atoms with Gasteiger partial charge in [0, 0.05) is 16.1 Å². The molecule has 0 aliphatic heterocycles.